The number of nitrogens with one attached hydrogen (secondary N) is 2. The zero-order valence-electron chi connectivity index (χ0n) is 17.9. The van der Waals surface area contributed by atoms with Crippen LogP contribution in [0, 0.1) is 0 Å². The van der Waals surface area contributed by atoms with Crippen LogP contribution in [0.2, 0.25) is 0 Å². The molecule has 1 rings (SSSR count). The number of unbranched alkanes of at least 4 members (excludes halogenated alkanes) is 1. The number of hydrogen-bond donors (Lipinski definition) is 7. The van der Waals surface area contributed by atoms with Crippen LogP contribution in [0.25, 0.3) is 0 Å². The molecule has 3 amide bonds. The smallest absolute Gasteiger partial charge is 0.326 e. The Bertz CT molecular complexity index is 689. The minimum Gasteiger partial charge on any atom is -0.481 e. The second-order valence-corrected chi connectivity index (χ2v) is 7.66. The Morgan fingerprint density at radius 1 is 1.03 bits per heavy atom. The van der Waals surface area contributed by atoms with E-state index in [0.717, 1.165) is 0 Å². The number of aliphatic carboxylic acids is 2. The van der Waals surface area contributed by atoms with Gasteiger partial charge in [-0.05, 0) is 38.6 Å². The molecule has 13 nitrogen and oxygen atoms in total. The van der Waals surface area contributed by atoms with Crippen molar-refractivity contribution in [1.82, 2.24) is 15.5 Å². The Balaban J connectivity index is 2.76. The highest BCUT2D eigenvalue weighted by molar-refractivity contribution is 5.94. The lowest BCUT2D eigenvalue weighted by atomic mass is 10.1. The summed E-state index contributed by atoms with van der Waals surface area (Å²) in [6.07, 6.45) is 1.64. The monoisotopic (exact) mass is 459 g/mol. The zero-order chi connectivity index (χ0) is 24.3. The predicted molar refractivity (Wildman–Crippen MR) is 111 cm³/mol. The Kier molecular flexibility index (Phi) is 11.6. The van der Waals surface area contributed by atoms with Crippen molar-refractivity contribution in [2.24, 2.45) is 11.5 Å². The predicted octanol–water partition coefficient (Wildman–Crippen LogP) is -2.65. The van der Waals surface area contributed by atoms with Gasteiger partial charge in [-0.15, -0.1) is 0 Å². The molecule has 1 aliphatic rings. The number of aliphatic hydroxyl groups is 1. The largest absolute Gasteiger partial charge is 0.481 e. The molecule has 0 aromatic heterocycles. The maximum Gasteiger partial charge on any atom is 0.326 e. The van der Waals surface area contributed by atoms with Crippen molar-refractivity contribution in [1.29, 1.82) is 0 Å². The number of carboxylic acid groups (broad SMARTS) is 2. The van der Waals surface area contributed by atoms with Crippen molar-refractivity contribution in [3.63, 3.8) is 0 Å². The van der Waals surface area contributed by atoms with Crippen LogP contribution in [-0.2, 0) is 24.0 Å². The van der Waals surface area contributed by atoms with Gasteiger partial charge in [-0.3, -0.25) is 19.2 Å². The summed E-state index contributed by atoms with van der Waals surface area (Å²) in [7, 11) is 0. The molecular weight excluding hydrogens is 426 g/mol. The van der Waals surface area contributed by atoms with Gasteiger partial charge in [0.05, 0.1) is 12.6 Å². The molecule has 1 heterocycles. The van der Waals surface area contributed by atoms with Gasteiger partial charge in [-0.2, -0.15) is 0 Å². The molecule has 0 spiro atoms. The van der Waals surface area contributed by atoms with Gasteiger partial charge >= 0.3 is 11.9 Å². The number of likely N-dealkylation sites (tertiary alicyclic amines) is 1. The average molecular weight is 460 g/mol. The van der Waals surface area contributed by atoms with Crippen molar-refractivity contribution in [3.05, 3.63) is 0 Å². The van der Waals surface area contributed by atoms with E-state index in [1.54, 1.807) is 0 Å². The van der Waals surface area contributed by atoms with Gasteiger partial charge in [-0.1, -0.05) is 6.42 Å². The van der Waals surface area contributed by atoms with Crippen LogP contribution in [0.3, 0.4) is 0 Å². The molecular formula is C19H33N5O8. The fourth-order valence-electron chi connectivity index (χ4n) is 3.40. The van der Waals surface area contributed by atoms with Crippen molar-refractivity contribution in [3.8, 4) is 0 Å². The van der Waals surface area contributed by atoms with Gasteiger partial charge in [0.15, 0.2) is 0 Å². The van der Waals surface area contributed by atoms with E-state index in [1.807, 2.05) is 0 Å². The highest BCUT2D eigenvalue weighted by atomic mass is 16.4. The topological polar surface area (TPSA) is 225 Å². The van der Waals surface area contributed by atoms with Crippen LogP contribution < -0.4 is 22.1 Å². The number of carboxylic acids is 2. The molecule has 1 fully saturated rings. The van der Waals surface area contributed by atoms with E-state index < -0.39 is 66.9 Å². The Morgan fingerprint density at radius 3 is 2.28 bits per heavy atom. The third-order valence-electron chi connectivity index (χ3n) is 5.20. The van der Waals surface area contributed by atoms with Gasteiger partial charge in [0.2, 0.25) is 17.7 Å². The summed E-state index contributed by atoms with van der Waals surface area (Å²) in [6, 6.07) is -4.61. The summed E-state index contributed by atoms with van der Waals surface area (Å²) in [5.41, 5.74) is 11.2. The number of carbonyl (C=O) groups excluding carboxylic acids is 3. The number of nitrogens with zero attached hydrogens (tertiary/aromatic N) is 1. The average Bonchev–Trinajstić information content (AvgIpc) is 3.23. The number of nitrogens with two attached hydrogens (primary N) is 2. The minimum absolute atomic E-state index is 0.179. The number of hydrogen-bond acceptors (Lipinski definition) is 8. The molecule has 0 aromatic rings. The molecule has 1 saturated heterocycles. The molecule has 0 radical (unpaired) electrons. The third-order valence-corrected chi connectivity index (χ3v) is 5.20. The van der Waals surface area contributed by atoms with Crippen LogP contribution in [0.5, 0.6) is 0 Å². The van der Waals surface area contributed by atoms with Crippen LogP contribution in [0.4, 0.5) is 0 Å². The lowest BCUT2D eigenvalue weighted by Gasteiger charge is -2.29. The van der Waals surface area contributed by atoms with Crippen LogP contribution in [-0.4, -0.2) is 93.7 Å². The van der Waals surface area contributed by atoms with E-state index in [4.69, 9.17) is 16.6 Å². The fourth-order valence-corrected chi connectivity index (χ4v) is 3.40. The lowest BCUT2D eigenvalue weighted by Crippen LogP contribution is -2.57. The molecule has 9 N–H and O–H groups in total. The third kappa shape index (κ3) is 8.40. The first-order chi connectivity index (χ1) is 15.1. The highest BCUT2D eigenvalue weighted by Crippen LogP contribution is 2.19. The summed E-state index contributed by atoms with van der Waals surface area (Å²) in [4.78, 5) is 60.9. The van der Waals surface area contributed by atoms with E-state index in [-0.39, 0.29) is 19.4 Å². The number of amides is 3. The Labute approximate surface area is 185 Å². The summed E-state index contributed by atoms with van der Waals surface area (Å²) in [5.74, 6) is -4.64. The summed E-state index contributed by atoms with van der Waals surface area (Å²) >= 11 is 0. The molecule has 0 saturated carbocycles. The van der Waals surface area contributed by atoms with Gasteiger partial charge < -0.3 is 42.3 Å². The molecule has 0 aromatic carbocycles. The maximum absolute atomic E-state index is 12.9. The quantitative estimate of drug-likeness (QED) is 0.133. The van der Waals surface area contributed by atoms with E-state index in [0.29, 0.717) is 32.2 Å². The molecule has 0 aliphatic carbocycles. The summed E-state index contributed by atoms with van der Waals surface area (Å²) in [5, 5.41) is 32.2. The molecule has 1 aliphatic heterocycles. The summed E-state index contributed by atoms with van der Waals surface area (Å²) in [6.45, 7) is -0.0659. The van der Waals surface area contributed by atoms with E-state index >= 15 is 0 Å². The number of rotatable bonds is 14. The Hall–Kier alpha value is -2.77. The first-order valence-corrected chi connectivity index (χ1v) is 10.5. The minimum atomic E-state index is -1.42. The van der Waals surface area contributed by atoms with Crippen LogP contribution >= 0.6 is 0 Å². The molecule has 0 bridgehead atoms. The second kappa shape index (κ2) is 13.6. The normalized spacial score (nSPS) is 18.5. The van der Waals surface area contributed by atoms with Crippen LogP contribution in [0.15, 0.2) is 0 Å². The Morgan fingerprint density at radius 2 is 1.72 bits per heavy atom. The van der Waals surface area contributed by atoms with Crippen molar-refractivity contribution < 1.29 is 39.3 Å². The van der Waals surface area contributed by atoms with Gasteiger partial charge in [0.1, 0.15) is 18.1 Å². The number of carbonyl (C=O) groups is 5. The van der Waals surface area contributed by atoms with Gasteiger partial charge in [0.25, 0.3) is 0 Å². The standard InChI is InChI=1S/C19H33N5O8/c20-8-2-1-4-11(21)16(28)23-13(10-25)18(30)24-9-3-5-14(24)17(29)22-12(19(31)32)6-7-15(26)27/h11-14,25H,1-10,20-21H2,(H,22,29)(H,23,28)(H,26,27)(H,31,32)/t11-,12-,13-,14-/m0/s1. The van der Waals surface area contributed by atoms with Crippen molar-refractivity contribution in [2.45, 2.75) is 69.1 Å². The molecule has 182 valence electrons. The van der Waals surface area contributed by atoms with Crippen LogP contribution in [0.1, 0.15) is 44.9 Å². The molecule has 13 heteroatoms. The molecule has 32 heavy (non-hydrogen) atoms. The molecule has 0 unspecified atom stereocenters. The van der Waals surface area contributed by atoms with Crippen molar-refractivity contribution >= 4 is 29.7 Å². The summed E-state index contributed by atoms with van der Waals surface area (Å²) < 4.78 is 0. The van der Waals surface area contributed by atoms with E-state index in [2.05, 4.69) is 10.6 Å². The van der Waals surface area contributed by atoms with Gasteiger partial charge in [-0.25, -0.2) is 4.79 Å². The lowest BCUT2D eigenvalue weighted by molar-refractivity contribution is -0.145. The first-order valence-electron chi connectivity index (χ1n) is 10.5. The number of aliphatic hydroxyl groups excluding tert-OH is 1. The highest BCUT2D eigenvalue weighted by Gasteiger charge is 2.39. The van der Waals surface area contributed by atoms with E-state index in [9.17, 15) is 34.2 Å². The second-order valence-electron chi connectivity index (χ2n) is 7.66. The zero-order valence-corrected chi connectivity index (χ0v) is 17.9. The first kappa shape index (κ1) is 27.3. The van der Waals surface area contributed by atoms with Crippen molar-refractivity contribution in [2.75, 3.05) is 19.7 Å². The van der Waals surface area contributed by atoms with E-state index in [1.165, 1.54) is 4.90 Å². The van der Waals surface area contributed by atoms with Gasteiger partial charge in [0, 0.05) is 13.0 Å². The maximum atomic E-state index is 12.9. The fraction of sp³-hybridized carbons (Fsp3) is 0.737. The molecule has 4 atom stereocenters. The SMILES string of the molecule is NCCCC[C@H](N)C(=O)N[C@@H](CO)C(=O)N1CCC[C@H]1C(=O)N[C@@H](CCC(=O)O)C(=O)O.